The third-order valence-corrected chi connectivity index (χ3v) is 5.07. The molecule has 0 spiro atoms. The number of hydrogen-bond donors (Lipinski definition) is 3. The first-order valence-corrected chi connectivity index (χ1v) is 9.76. The topological polar surface area (TPSA) is 71.0 Å². The molecular weight excluding hydrogens is 398 g/mol. The summed E-state index contributed by atoms with van der Waals surface area (Å²) in [7, 11) is 2.06. The highest BCUT2D eigenvalue weighted by atomic mass is 35.5. The van der Waals surface area contributed by atoms with Crippen LogP contribution in [-0.4, -0.2) is 22.1 Å². The number of nitrogens with one attached hydrogen (secondary N) is 3. The normalized spacial score (nSPS) is 10.6. The summed E-state index contributed by atoms with van der Waals surface area (Å²) in [6.45, 7) is 5.26. The van der Waals surface area contributed by atoms with E-state index in [-0.39, 0.29) is 18.4 Å². The number of amides is 2. The van der Waals surface area contributed by atoms with E-state index in [1.807, 2.05) is 13.0 Å². The summed E-state index contributed by atoms with van der Waals surface area (Å²) in [5.74, 6) is 0.536. The zero-order valence-corrected chi connectivity index (χ0v) is 18.1. The van der Waals surface area contributed by atoms with Crippen LogP contribution in [0.2, 0.25) is 0 Å². The fourth-order valence-electron chi connectivity index (χ4n) is 3.55. The lowest BCUT2D eigenvalue weighted by Crippen LogP contribution is -2.28. The molecule has 3 N–H and O–H groups in total. The maximum absolute atomic E-state index is 11.8. The molecule has 2 aromatic heterocycles. The minimum Gasteiger partial charge on any atom is -0.381 e. The van der Waals surface area contributed by atoms with Crippen LogP contribution in [0.5, 0.6) is 0 Å². The van der Waals surface area contributed by atoms with Crippen LogP contribution in [0.3, 0.4) is 0 Å². The number of aromatic nitrogens is 2. The van der Waals surface area contributed by atoms with Crippen molar-refractivity contribution in [1.29, 1.82) is 0 Å². The molecule has 156 valence electrons. The molecule has 0 aliphatic heterocycles. The first kappa shape index (κ1) is 21.5. The largest absolute Gasteiger partial charge is 0.381 e. The predicted molar refractivity (Wildman–Crippen MR) is 127 cm³/mol. The molecule has 0 aliphatic carbocycles. The van der Waals surface area contributed by atoms with Crippen LogP contribution < -0.4 is 16.0 Å². The molecule has 4 rings (SSSR count). The van der Waals surface area contributed by atoms with Gasteiger partial charge < -0.3 is 15.2 Å². The minimum absolute atomic E-state index is 0. The van der Waals surface area contributed by atoms with Crippen molar-refractivity contribution in [2.24, 2.45) is 7.05 Å². The first-order chi connectivity index (χ1) is 14.0. The number of aryl methyl sites for hydroxylation is 2. The molecule has 0 fully saturated rings. The Morgan fingerprint density at radius 2 is 1.93 bits per heavy atom. The molecule has 2 amide bonds. The summed E-state index contributed by atoms with van der Waals surface area (Å²) in [5.41, 5.74) is 4.63. The average Bonchev–Trinajstić information content (AvgIpc) is 3.07. The lowest BCUT2D eigenvalue weighted by atomic mass is 10.1. The van der Waals surface area contributed by atoms with E-state index in [1.165, 1.54) is 16.5 Å². The number of nitrogens with zero attached hydrogens (tertiary/aromatic N) is 2. The predicted octanol–water partition coefficient (Wildman–Crippen LogP) is 5.21. The highest BCUT2D eigenvalue weighted by molar-refractivity contribution is 5.94. The van der Waals surface area contributed by atoms with Crippen LogP contribution in [-0.2, 0) is 13.6 Å². The summed E-state index contributed by atoms with van der Waals surface area (Å²) in [4.78, 5) is 16.1. The van der Waals surface area contributed by atoms with Crippen LogP contribution in [0.15, 0.2) is 54.9 Å². The molecule has 7 heteroatoms. The molecule has 0 radical (unpaired) electrons. The van der Waals surface area contributed by atoms with Gasteiger partial charge in [-0.25, -0.2) is 9.78 Å². The molecule has 0 saturated carbocycles. The maximum atomic E-state index is 11.8. The number of urea groups is 1. The molecular formula is C23H26ClN5O. The summed E-state index contributed by atoms with van der Waals surface area (Å²) >= 11 is 0. The average molecular weight is 424 g/mol. The highest BCUT2D eigenvalue weighted by Gasteiger charge is 2.07. The summed E-state index contributed by atoms with van der Waals surface area (Å²) < 4.78 is 2.13. The Morgan fingerprint density at radius 1 is 1.10 bits per heavy atom. The Labute approximate surface area is 182 Å². The van der Waals surface area contributed by atoms with Gasteiger partial charge in [-0.1, -0.05) is 12.1 Å². The van der Waals surface area contributed by atoms with Gasteiger partial charge in [0.05, 0.1) is 0 Å². The maximum Gasteiger partial charge on any atom is 0.320 e. The fourth-order valence-corrected chi connectivity index (χ4v) is 3.55. The second-order valence-electron chi connectivity index (χ2n) is 7.24. The van der Waals surface area contributed by atoms with Gasteiger partial charge in [-0.2, -0.15) is 0 Å². The Hall–Kier alpha value is -3.25. The van der Waals surface area contributed by atoms with E-state index in [4.69, 9.17) is 0 Å². The van der Waals surface area contributed by atoms with Gasteiger partial charge in [0, 0.05) is 49.1 Å². The zero-order valence-electron chi connectivity index (χ0n) is 17.3. The van der Waals surface area contributed by atoms with Crippen molar-refractivity contribution in [2.75, 3.05) is 17.2 Å². The van der Waals surface area contributed by atoms with Gasteiger partial charge in [0.1, 0.15) is 5.82 Å². The first-order valence-electron chi connectivity index (χ1n) is 9.76. The van der Waals surface area contributed by atoms with E-state index in [9.17, 15) is 4.79 Å². The van der Waals surface area contributed by atoms with E-state index in [2.05, 4.69) is 82.1 Å². The second-order valence-corrected chi connectivity index (χ2v) is 7.24. The van der Waals surface area contributed by atoms with Crippen molar-refractivity contribution in [3.63, 3.8) is 0 Å². The number of hydrogen-bond acceptors (Lipinski definition) is 3. The van der Waals surface area contributed by atoms with Crippen molar-refractivity contribution in [2.45, 2.75) is 20.4 Å². The number of carbonyl (C=O) groups excluding carboxylic acids is 1. The molecule has 0 atom stereocenters. The lowest BCUT2D eigenvalue weighted by Gasteiger charge is -2.12. The third-order valence-electron chi connectivity index (χ3n) is 5.07. The molecule has 0 saturated heterocycles. The summed E-state index contributed by atoms with van der Waals surface area (Å²) in [6, 6.07) is 14.5. The highest BCUT2D eigenvalue weighted by Crippen LogP contribution is 2.26. The van der Waals surface area contributed by atoms with Gasteiger partial charge in [-0.15, -0.1) is 12.4 Å². The number of benzene rings is 2. The molecule has 30 heavy (non-hydrogen) atoms. The third kappa shape index (κ3) is 4.49. The number of anilines is 2. The quantitative estimate of drug-likeness (QED) is 0.412. The van der Waals surface area contributed by atoms with Gasteiger partial charge in [0.15, 0.2) is 0 Å². The van der Waals surface area contributed by atoms with Gasteiger partial charge in [0.25, 0.3) is 0 Å². The van der Waals surface area contributed by atoms with Crippen LogP contribution in [0, 0.1) is 6.92 Å². The Bertz CT molecular complexity index is 1200. The Balaban J connectivity index is 0.00000256. The van der Waals surface area contributed by atoms with Crippen molar-refractivity contribution in [3.8, 4) is 0 Å². The number of pyridine rings is 1. The molecule has 2 heterocycles. The van der Waals surface area contributed by atoms with Crippen molar-refractivity contribution >= 4 is 51.6 Å². The SMILES string of the molecule is CCNC(=O)Nc1cc2cc(NCc3ccc4ccn(C)c4c3)cc(C)c2cn1.Cl. The Kier molecular flexibility index (Phi) is 6.47. The number of carbonyl (C=O) groups is 1. The van der Waals surface area contributed by atoms with Crippen molar-refractivity contribution in [1.82, 2.24) is 14.9 Å². The van der Waals surface area contributed by atoms with E-state index in [0.29, 0.717) is 12.4 Å². The zero-order chi connectivity index (χ0) is 20.4. The second kappa shape index (κ2) is 9.05. The van der Waals surface area contributed by atoms with E-state index in [0.717, 1.165) is 28.6 Å². The van der Waals surface area contributed by atoms with E-state index in [1.54, 1.807) is 6.20 Å². The van der Waals surface area contributed by atoms with Crippen molar-refractivity contribution < 1.29 is 4.79 Å². The van der Waals surface area contributed by atoms with Gasteiger partial charge in [0.2, 0.25) is 0 Å². The molecule has 4 aromatic rings. The minimum atomic E-state index is -0.249. The summed E-state index contributed by atoms with van der Waals surface area (Å²) in [6.07, 6.45) is 3.88. The van der Waals surface area contributed by atoms with E-state index < -0.39 is 0 Å². The molecule has 6 nitrogen and oxygen atoms in total. The molecule has 2 aromatic carbocycles. The number of rotatable bonds is 5. The van der Waals surface area contributed by atoms with Gasteiger partial charge in [-0.3, -0.25) is 5.32 Å². The van der Waals surface area contributed by atoms with Crippen LogP contribution in [0.1, 0.15) is 18.1 Å². The smallest absolute Gasteiger partial charge is 0.320 e. The molecule has 0 bridgehead atoms. The fraction of sp³-hybridized carbons (Fsp3) is 0.217. The molecule has 0 unspecified atom stereocenters. The van der Waals surface area contributed by atoms with Crippen molar-refractivity contribution in [3.05, 3.63) is 66.0 Å². The number of fused-ring (bicyclic) bond motifs is 2. The van der Waals surface area contributed by atoms with Crippen LogP contribution in [0.4, 0.5) is 16.3 Å². The van der Waals surface area contributed by atoms with Crippen LogP contribution in [0.25, 0.3) is 21.7 Å². The van der Waals surface area contributed by atoms with Gasteiger partial charge >= 0.3 is 6.03 Å². The van der Waals surface area contributed by atoms with Gasteiger partial charge in [-0.05, 0) is 66.1 Å². The van der Waals surface area contributed by atoms with Crippen LogP contribution >= 0.6 is 12.4 Å². The van der Waals surface area contributed by atoms with E-state index >= 15 is 0 Å². The Morgan fingerprint density at radius 3 is 2.73 bits per heavy atom. The summed E-state index contributed by atoms with van der Waals surface area (Å²) in [5, 5.41) is 12.4. The number of halogens is 1. The standard InChI is InChI=1S/C23H25N5O.ClH/c1-4-24-23(29)27-22-12-18-11-19(9-15(2)20(18)14-26-22)25-13-16-5-6-17-7-8-28(3)21(17)10-16;/h5-12,14,25H,4,13H2,1-3H3,(H2,24,26,27,29);1H. The lowest BCUT2D eigenvalue weighted by molar-refractivity contribution is 0.252. The molecule has 0 aliphatic rings. The monoisotopic (exact) mass is 423 g/mol.